The maximum atomic E-state index is 14.4. The van der Waals surface area contributed by atoms with Crippen molar-refractivity contribution in [3.05, 3.63) is 135 Å². The van der Waals surface area contributed by atoms with Crippen molar-refractivity contribution in [3.63, 3.8) is 0 Å². The van der Waals surface area contributed by atoms with Crippen molar-refractivity contribution in [1.82, 2.24) is 4.31 Å². The topological polar surface area (TPSA) is 115 Å². The smallest absolute Gasteiger partial charge is 0.339 e. The van der Waals surface area contributed by atoms with Crippen LogP contribution in [0.25, 0.3) is 10.8 Å². The number of carbonyl (C=O) groups is 2. The van der Waals surface area contributed by atoms with E-state index >= 15 is 0 Å². The molecule has 8 nitrogen and oxygen atoms in total. The molecule has 0 radical (unpaired) electrons. The lowest BCUT2D eigenvalue weighted by atomic mass is 10.1. The number of aromatic hydroxyl groups is 1. The third-order valence-electron chi connectivity index (χ3n) is 7.77. The molecule has 5 aromatic carbocycles. The molecule has 1 amide bonds. The van der Waals surface area contributed by atoms with Crippen molar-refractivity contribution in [1.29, 1.82) is 0 Å². The largest absolute Gasteiger partial charge is 0.507 e. The average Bonchev–Trinajstić information content (AvgIpc) is 2.99. The number of hydrogen-bond donors (Lipinski definition) is 2. The molecule has 0 aliphatic carbocycles. The van der Waals surface area contributed by atoms with Gasteiger partial charge in [0, 0.05) is 23.3 Å². The van der Waals surface area contributed by atoms with Crippen molar-refractivity contribution in [3.8, 4) is 5.75 Å². The van der Waals surface area contributed by atoms with Crippen LogP contribution in [-0.4, -0.2) is 41.4 Å². The molecule has 0 aliphatic rings. The first-order chi connectivity index (χ1) is 21.8. The van der Waals surface area contributed by atoms with Gasteiger partial charge in [0.2, 0.25) is 15.9 Å². The van der Waals surface area contributed by atoms with Crippen LogP contribution in [0.15, 0.2) is 102 Å². The quantitative estimate of drug-likeness (QED) is 0.164. The predicted molar refractivity (Wildman–Crippen MR) is 180 cm³/mol. The van der Waals surface area contributed by atoms with Crippen LogP contribution in [0.3, 0.4) is 0 Å². The van der Waals surface area contributed by atoms with Crippen LogP contribution in [0.4, 0.5) is 5.69 Å². The van der Waals surface area contributed by atoms with E-state index in [9.17, 15) is 28.2 Å². The summed E-state index contributed by atoms with van der Waals surface area (Å²) in [5, 5.41) is 22.4. The molecule has 0 saturated carbocycles. The molecule has 0 bridgehead atoms. The number of sulfonamides is 1. The number of amides is 1. The monoisotopic (exact) mass is 656 g/mol. The van der Waals surface area contributed by atoms with Crippen LogP contribution in [0.5, 0.6) is 5.75 Å². The summed E-state index contributed by atoms with van der Waals surface area (Å²) in [6, 6.07) is 27.7. The number of carboxylic acids is 1. The Balaban J connectivity index is 1.58. The molecule has 5 rings (SSSR count). The van der Waals surface area contributed by atoms with E-state index in [0.29, 0.717) is 21.7 Å². The third-order valence-corrected chi connectivity index (χ3v) is 10.1. The van der Waals surface area contributed by atoms with Gasteiger partial charge in [0.25, 0.3) is 0 Å². The van der Waals surface area contributed by atoms with Gasteiger partial charge < -0.3 is 15.1 Å². The number of fused-ring (bicyclic) bond motifs is 1. The predicted octanol–water partition coefficient (Wildman–Crippen LogP) is 7.25. The van der Waals surface area contributed by atoms with Gasteiger partial charge in [0.1, 0.15) is 11.3 Å². The first kappa shape index (κ1) is 32.7. The number of carbonyl (C=O) groups excluding carboxylic acids is 1. The number of rotatable bonds is 10. The van der Waals surface area contributed by atoms with Crippen LogP contribution in [0.2, 0.25) is 5.02 Å². The fourth-order valence-corrected chi connectivity index (χ4v) is 7.59. The molecule has 46 heavy (non-hydrogen) atoms. The van der Waals surface area contributed by atoms with Gasteiger partial charge in [0.05, 0.1) is 18.0 Å². The number of benzene rings is 5. The Bertz CT molecular complexity index is 2040. The standard InChI is InChI=1S/C36H33ClN2O6S/c1-23-16-24(2)35(25(3)17-23)46(44,45)38(20-26-9-12-30(37)13-10-26)22-34(41)39(31-14-15-32(36(42)43)33(40)19-31)21-27-8-11-28-6-4-5-7-29(28)18-27/h4-19,40H,20-22H2,1-3H3,(H,42,43). The number of anilines is 1. The highest BCUT2D eigenvalue weighted by Gasteiger charge is 2.32. The molecule has 0 aliphatic heterocycles. The van der Waals surface area contributed by atoms with E-state index < -0.39 is 34.2 Å². The van der Waals surface area contributed by atoms with Crippen molar-refractivity contribution < 1.29 is 28.2 Å². The Morgan fingerprint density at radius 2 is 1.39 bits per heavy atom. The normalized spacial score (nSPS) is 11.6. The van der Waals surface area contributed by atoms with E-state index in [1.54, 1.807) is 50.2 Å². The van der Waals surface area contributed by atoms with E-state index in [-0.39, 0.29) is 29.2 Å². The summed E-state index contributed by atoms with van der Waals surface area (Å²) < 4.78 is 29.8. The zero-order chi connectivity index (χ0) is 33.2. The molecular formula is C36H33ClN2O6S. The molecule has 0 spiro atoms. The third kappa shape index (κ3) is 7.07. The summed E-state index contributed by atoms with van der Waals surface area (Å²) in [6.45, 7) is 4.74. The van der Waals surface area contributed by atoms with Crippen molar-refractivity contribution in [2.24, 2.45) is 0 Å². The second-order valence-corrected chi connectivity index (χ2v) is 13.6. The molecule has 5 aromatic rings. The van der Waals surface area contributed by atoms with Gasteiger partial charge in [-0.3, -0.25) is 4.79 Å². The summed E-state index contributed by atoms with van der Waals surface area (Å²) in [6.07, 6.45) is 0. The lowest BCUT2D eigenvalue weighted by Gasteiger charge is -2.29. The molecule has 0 unspecified atom stereocenters. The zero-order valence-corrected chi connectivity index (χ0v) is 27.1. The second-order valence-electron chi connectivity index (χ2n) is 11.3. The Labute approximate surface area is 273 Å². The molecule has 10 heteroatoms. The lowest BCUT2D eigenvalue weighted by molar-refractivity contribution is -0.119. The van der Waals surface area contributed by atoms with E-state index in [4.69, 9.17) is 11.6 Å². The number of carboxylic acid groups (broad SMARTS) is 1. The highest BCUT2D eigenvalue weighted by Crippen LogP contribution is 2.30. The molecule has 0 atom stereocenters. The molecular weight excluding hydrogens is 624 g/mol. The fourth-order valence-electron chi connectivity index (χ4n) is 5.67. The number of nitrogens with zero attached hydrogens (tertiary/aromatic N) is 2. The van der Waals surface area contributed by atoms with Gasteiger partial charge in [-0.15, -0.1) is 0 Å². The van der Waals surface area contributed by atoms with Crippen molar-refractivity contribution in [2.75, 3.05) is 11.4 Å². The van der Waals surface area contributed by atoms with Gasteiger partial charge in [-0.05, 0) is 84.1 Å². The van der Waals surface area contributed by atoms with Gasteiger partial charge in [0.15, 0.2) is 0 Å². The summed E-state index contributed by atoms with van der Waals surface area (Å²) in [5.74, 6) is -2.41. The molecule has 236 valence electrons. The van der Waals surface area contributed by atoms with E-state index in [0.717, 1.165) is 26.2 Å². The lowest BCUT2D eigenvalue weighted by Crippen LogP contribution is -2.43. The summed E-state index contributed by atoms with van der Waals surface area (Å²) in [7, 11) is -4.20. The molecule has 0 saturated heterocycles. The van der Waals surface area contributed by atoms with Gasteiger partial charge in [-0.25, -0.2) is 13.2 Å². The Morgan fingerprint density at radius 1 is 0.761 bits per heavy atom. The van der Waals surface area contributed by atoms with Crippen LogP contribution in [0.1, 0.15) is 38.2 Å². The van der Waals surface area contributed by atoms with Crippen LogP contribution in [0, 0.1) is 20.8 Å². The first-order valence-corrected chi connectivity index (χ1v) is 16.3. The highest BCUT2D eigenvalue weighted by molar-refractivity contribution is 7.89. The van der Waals surface area contributed by atoms with Gasteiger partial charge in [-0.2, -0.15) is 4.31 Å². The number of halogens is 1. The van der Waals surface area contributed by atoms with Crippen LogP contribution >= 0.6 is 11.6 Å². The molecule has 0 heterocycles. The van der Waals surface area contributed by atoms with Crippen LogP contribution < -0.4 is 4.90 Å². The number of aryl methyl sites for hydroxylation is 3. The van der Waals surface area contributed by atoms with E-state index in [1.165, 1.54) is 23.1 Å². The maximum Gasteiger partial charge on any atom is 0.339 e. The minimum atomic E-state index is -4.20. The van der Waals surface area contributed by atoms with Crippen molar-refractivity contribution in [2.45, 2.75) is 38.8 Å². The van der Waals surface area contributed by atoms with Crippen molar-refractivity contribution >= 4 is 50.0 Å². The SMILES string of the molecule is Cc1cc(C)c(S(=O)(=O)N(CC(=O)N(Cc2ccc3ccccc3c2)c2ccc(C(=O)O)c(O)c2)Cc2ccc(Cl)cc2)c(C)c1. The second kappa shape index (κ2) is 13.3. The summed E-state index contributed by atoms with van der Waals surface area (Å²) in [4.78, 5) is 27.4. The fraction of sp³-hybridized carbons (Fsp3) is 0.167. The average molecular weight is 657 g/mol. The molecule has 0 aromatic heterocycles. The number of hydrogen-bond acceptors (Lipinski definition) is 5. The van der Waals surface area contributed by atoms with Gasteiger partial charge in [-0.1, -0.05) is 77.8 Å². The molecule has 0 fully saturated rings. The minimum Gasteiger partial charge on any atom is -0.507 e. The number of aromatic carboxylic acids is 1. The summed E-state index contributed by atoms with van der Waals surface area (Å²) in [5.41, 5.74) is 3.33. The Kier molecular flexibility index (Phi) is 9.48. The van der Waals surface area contributed by atoms with Gasteiger partial charge >= 0.3 is 5.97 Å². The van der Waals surface area contributed by atoms with Crippen LogP contribution in [-0.2, 0) is 27.9 Å². The minimum absolute atomic E-state index is 0.0347. The van der Waals surface area contributed by atoms with E-state index in [1.807, 2.05) is 49.4 Å². The molecule has 2 N–H and O–H groups in total. The number of phenols is 1. The maximum absolute atomic E-state index is 14.4. The highest BCUT2D eigenvalue weighted by atomic mass is 35.5. The Morgan fingerprint density at radius 3 is 2.02 bits per heavy atom. The summed E-state index contributed by atoms with van der Waals surface area (Å²) >= 11 is 6.09. The Hall–Kier alpha value is -4.70. The van der Waals surface area contributed by atoms with E-state index in [2.05, 4.69) is 0 Å². The first-order valence-electron chi connectivity index (χ1n) is 14.5. The zero-order valence-electron chi connectivity index (χ0n) is 25.6.